The third-order valence-corrected chi connectivity index (χ3v) is 6.15. The van der Waals surface area contributed by atoms with Gasteiger partial charge in [0.05, 0.1) is 7.11 Å². The third-order valence-electron chi connectivity index (χ3n) is 4.89. The van der Waals surface area contributed by atoms with Gasteiger partial charge in [-0.2, -0.15) is 0 Å². The van der Waals surface area contributed by atoms with Crippen LogP contribution in [-0.4, -0.2) is 30.3 Å². The minimum atomic E-state index is -0.109. The number of hydrogen-bond donors (Lipinski definition) is 1. The average molecular weight is 421 g/mol. The highest BCUT2D eigenvalue weighted by Gasteiger charge is 2.30. The molecule has 0 saturated carbocycles. The molecule has 6 heteroatoms. The van der Waals surface area contributed by atoms with Gasteiger partial charge in [0.25, 0.3) is 0 Å². The molecule has 1 aliphatic rings. The number of anilines is 1. The van der Waals surface area contributed by atoms with Crippen LogP contribution in [0.1, 0.15) is 16.5 Å². The molecule has 0 bridgehead atoms. The second-order valence-electron chi connectivity index (χ2n) is 6.92. The van der Waals surface area contributed by atoms with Gasteiger partial charge in [-0.15, -0.1) is 11.8 Å². The van der Waals surface area contributed by atoms with E-state index in [2.05, 4.69) is 5.32 Å². The Balaban J connectivity index is 1.39. The lowest BCUT2D eigenvalue weighted by Crippen LogP contribution is -2.34. The number of carbonyl (C=O) groups excluding carboxylic acids is 1. The number of urea groups is 1. The van der Waals surface area contributed by atoms with Crippen LogP contribution in [0.25, 0.3) is 0 Å². The summed E-state index contributed by atoms with van der Waals surface area (Å²) < 4.78 is 11.1. The summed E-state index contributed by atoms with van der Waals surface area (Å²) >= 11 is 1.77. The van der Waals surface area contributed by atoms with Gasteiger partial charge in [0.2, 0.25) is 0 Å². The molecule has 1 unspecified atom stereocenters. The number of methoxy groups -OCH3 is 1. The van der Waals surface area contributed by atoms with Gasteiger partial charge in [0, 0.05) is 24.1 Å². The molecule has 0 spiro atoms. The first-order valence-electron chi connectivity index (χ1n) is 9.83. The summed E-state index contributed by atoms with van der Waals surface area (Å²) in [6.07, 6.45) is 0. The summed E-state index contributed by atoms with van der Waals surface area (Å²) in [5, 5.41) is 2.96. The summed E-state index contributed by atoms with van der Waals surface area (Å²) in [5.74, 6) is 2.44. The van der Waals surface area contributed by atoms with Gasteiger partial charge in [0.1, 0.15) is 23.5 Å². The minimum absolute atomic E-state index is 0.0150. The van der Waals surface area contributed by atoms with Crippen LogP contribution in [0, 0.1) is 0 Å². The molecular formula is C24H24N2O3S. The van der Waals surface area contributed by atoms with Gasteiger partial charge in [-0.25, -0.2) is 4.79 Å². The van der Waals surface area contributed by atoms with Gasteiger partial charge in [-0.3, -0.25) is 0 Å². The van der Waals surface area contributed by atoms with E-state index in [1.807, 2.05) is 83.8 Å². The summed E-state index contributed by atoms with van der Waals surface area (Å²) in [6, 6.07) is 25.4. The Morgan fingerprint density at radius 2 is 1.83 bits per heavy atom. The predicted octanol–water partition coefficient (Wildman–Crippen LogP) is 5.55. The molecule has 2 amide bonds. The zero-order valence-corrected chi connectivity index (χ0v) is 17.6. The Bertz CT molecular complexity index is 979. The number of rotatable bonds is 6. The molecule has 1 saturated heterocycles. The van der Waals surface area contributed by atoms with Crippen LogP contribution in [0.3, 0.4) is 0 Å². The Kier molecular flexibility index (Phi) is 6.44. The van der Waals surface area contributed by atoms with Crippen molar-refractivity contribution in [3.63, 3.8) is 0 Å². The molecule has 30 heavy (non-hydrogen) atoms. The van der Waals surface area contributed by atoms with E-state index in [-0.39, 0.29) is 11.4 Å². The van der Waals surface area contributed by atoms with E-state index in [0.29, 0.717) is 18.9 Å². The second kappa shape index (κ2) is 9.59. The van der Waals surface area contributed by atoms with Gasteiger partial charge in [-0.1, -0.05) is 48.5 Å². The Labute approximate surface area is 181 Å². The van der Waals surface area contributed by atoms with Crippen molar-refractivity contribution in [1.82, 2.24) is 4.90 Å². The van der Waals surface area contributed by atoms with Crippen LogP contribution in [0.2, 0.25) is 0 Å². The number of amides is 2. The summed E-state index contributed by atoms with van der Waals surface area (Å²) in [4.78, 5) is 14.7. The SMILES string of the molecule is COc1cccc(NC(=O)N2CCSC2c2ccc(OCc3ccccc3)cc2)c1. The Morgan fingerprint density at radius 1 is 1.03 bits per heavy atom. The van der Waals surface area contributed by atoms with Crippen molar-refractivity contribution in [2.45, 2.75) is 12.0 Å². The van der Waals surface area contributed by atoms with Gasteiger partial charge < -0.3 is 19.7 Å². The molecule has 154 valence electrons. The van der Waals surface area contributed by atoms with Crippen LogP contribution in [0.4, 0.5) is 10.5 Å². The van der Waals surface area contributed by atoms with E-state index < -0.39 is 0 Å². The summed E-state index contributed by atoms with van der Waals surface area (Å²) in [5.41, 5.74) is 2.94. The normalized spacial score (nSPS) is 15.6. The van der Waals surface area contributed by atoms with Crippen molar-refractivity contribution in [3.8, 4) is 11.5 Å². The average Bonchev–Trinajstić information content (AvgIpc) is 3.29. The van der Waals surface area contributed by atoms with E-state index >= 15 is 0 Å². The maximum atomic E-state index is 12.9. The lowest BCUT2D eigenvalue weighted by Gasteiger charge is -2.24. The van der Waals surface area contributed by atoms with Crippen molar-refractivity contribution in [3.05, 3.63) is 90.0 Å². The number of ether oxygens (including phenoxy) is 2. The van der Waals surface area contributed by atoms with Crippen LogP contribution in [-0.2, 0) is 6.61 Å². The van der Waals surface area contributed by atoms with Crippen molar-refractivity contribution in [1.29, 1.82) is 0 Å². The number of nitrogens with zero attached hydrogens (tertiary/aromatic N) is 1. The standard InChI is InChI=1S/C24H24N2O3S/c1-28-22-9-5-8-20(16-22)25-24(27)26-14-15-30-23(26)19-10-12-21(13-11-19)29-17-18-6-3-2-4-7-18/h2-13,16,23H,14-15,17H2,1H3,(H,25,27). The van der Waals surface area contributed by atoms with Crippen LogP contribution >= 0.6 is 11.8 Å². The van der Waals surface area contributed by atoms with Gasteiger partial charge >= 0.3 is 6.03 Å². The topological polar surface area (TPSA) is 50.8 Å². The molecule has 1 heterocycles. The van der Waals surface area contributed by atoms with E-state index in [0.717, 1.165) is 28.3 Å². The maximum Gasteiger partial charge on any atom is 0.323 e. The van der Waals surface area contributed by atoms with E-state index in [1.165, 1.54) is 0 Å². The highest BCUT2D eigenvalue weighted by atomic mass is 32.2. The molecule has 0 aliphatic carbocycles. The lowest BCUT2D eigenvalue weighted by molar-refractivity contribution is 0.214. The summed E-state index contributed by atoms with van der Waals surface area (Å²) in [7, 11) is 1.61. The fourth-order valence-electron chi connectivity index (χ4n) is 3.32. The number of thioether (sulfide) groups is 1. The number of benzene rings is 3. The molecule has 0 radical (unpaired) electrons. The molecule has 1 fully saturated rings. The highest BCUT2D eigenvalue weighted by molar-refractivity contribution is 7.99. The molecular weight excluding hydrogens is 396 g/mol. The van der Waals surface area contributed by atoms with Crippen molar-refractivity contribution < 1.29 is 14.3 Å². The second-order valence-corrected chi connectivity index (χ2v) is 8.11. The van der Waals surface area contributed by atoms with E-state index in [4.69, 9.17) is 9.47 Å². The van der Waals surface area contributed by atoms with Gasteiger partial charge in [-0.05, 0) is 35.4 Å². The first-order valence-corrected chi connectivity index (χ1v) is 10.9. The molecule has 3 aromatic rings. The fraction of sp³-hybridized carbons (Fsp3) is 0.208. The van der Waals surface area contributed by atoms with Crippen LogP contribution < -0.4 is 14.8 Å². The van der Waals surface area contributed by atoms with Crippen LogP contribution in [0.5, 0.6) is 11.5 Å². The Morgan fingerprint density at radius 3 is 2.60 bits per heavy atom. The quantitative estimate of drug-likeness (QED) is 0.568. The smallest absolute Gasteiger partial charge is 0.323 e. The highest BCUT2D eigenvalue weighted by Crippen LogP contribution is 2.38. The maximum absolute atomic E-state index is 12.9. The number of hydrogen-bond acceptors (Lipinski definition) is 4. The first-order chi connectivity index (χ1) is 14.7. The predicted molar refractivity (Wildman–Crippen MR) is 121 cm³/mol. The Hall–Kier alpha value is -3.12. The molecule has 1 aliphatic heterocycles. The van der Waals surface area contributed by atoms with Crippen molar-refractivity contribution in [2.24, 2.45) is 0 Å². The molecule has 1 atom stereocenters. The monoisotopic (exact) mass is 420 g/mol. The van der Waals surface area contributed by atoms with E-state index in [1.54, 1.807) is 18.9 Å². The minimum Gasteiger partial charge on any atom is -0.497 e. The molecule has 4 rings (SSSR count). The number of nitrogens with one attached hydrogen (secondary N) is 1. The molecule has 3 aromatic carbocycles. The first kappa shape index (κ1) is 20.2. The zero-order valence-electron chi connectivity index (χ0n) is 16.8. The van der Waals surface area contributed by atoms with E-state index in [9.17, 15) is 4.79 Å². The van der Waals surface area contributed by atoms with Crippen molar-refractivity contribution in [2.75, 3.05) is 24.7 Å². The lowest BCUT2D eigenvalue weighted by atomic mass is 10.2. The van der Waals surface area contributed by atoms with Crippen molar-refractivity contribution >= 4 is 23.5 Å². The van der Waals surface area contributed by atoms with Gasteiger partial charge in [0.15, 0.2) is 0 Å². The molecule has 0 aromatic heterocycles. The largest absolute Gasteiger partial charge is 0.497 e. The molecule has 1 N–H and O–H groups in total. The third kappa shape index (κ3) is 4.89. The van der Waals surface area contributed by atoms with Crippen LogP contribution in [0.15, 0.2) is 78.9 Å². The number of carbonyl (C=O) groups is 1. The zero-order chi connectivity index (χ0) is 20.8. The molecule has 5 nitrogen and oxygen atoms in total. The fourth-order valence-corrected chi connectivity index (χ4v) is 4.58. The summed E-state index contributed by atoms with van der Waals surface area (Å²) in [6.45, 7) is 1.24.